The molecular formula is C25H34N2O5S. The average molecular weight is 475 g/mol. The third-order valence-corrected chi connectivity index (χ3v) is 8.45. The van der Waals surface area contributed by atoms with Gasteiger partial charge in [0.1, 0.15) is 5.69 Å². The molecule has 0 saturated heterocycles. The van der Waals surface area contributed by atoms with Crippen LogP contribution in [0.3, 0.4) is 0 Å². The SMILES string of the molecule is CCn1c(C)c(C(=O)CN(CC2CCCCC2)S(=O)(=O)c2ccccc2)c(C)c1C(=O)OC. The number of ketones is 1. The molecule has 3 rings (SSSR count). The molecular weight excluding hydrogens is 440 g/mol. The second-order valence-electron chi connectivity index (χ2n) is 8.71. The van der Waals surface area contributed by atoms with E-state index in [1.165, 1.54) is 17.8 Å². The number of carbonyl (C=O) groups excluding carboxylic acids is 2. The standard InChI is InChI=1S/C25H34N2O5S/c1-5-27-19(3)23(18(2)24(27)25(29)32-4)22(28)17-26(16-20-12-8-6-9-13-20)33(30,31)21-14-10-7-11-15-21/h7,10-11,14-15,20H,5-6,8-9,12-13,16-17H2,1-4H3. The van der Waals surface area contributed by atoms with Crippen LogP contribution >= 0.6 is 0 Å². The Morgan fingerprint density at radius 2 is 1.73 bits per heavy atom. The van der Waals surface area contributed by atoms with Gasteiger partial charge in [-0.15, -0.1) is 0 Å². The Balaban J connectivity index is 1.98. The Hall–Kier alpha value is -2.45. The van der Waals surface area contributed by atoms with Crippen molar-refractivity contribution in [3.05, 3.63) is 52.8 Å². The lowest BCUT2D eigenvalue weighted by atomic mass is 9.89. The maximum atomic E-state index is 13.5. The van der Waals surface area contributed by atoms with Gasteiger partial charge in [-0.2, -0.15) is 4.31 Å². The first-order valence-electron chi connectivity index (χ1n) is 11.6. The molecule has 0 amide bonds. The highest BCUT2D eigenvalue weighted by atomic mass is 32.2. The average Bonchev–Trinajstić information content (AvgIpc) is 3.08. The molecule has 0 bridgehead atoms. The van der Waals surface area contributed by atoms with Crippen LogP contribution < -0.4 is 0 Å². The summed E-state index contributed by atoms with van der Waals surface area (Å²) in [7, 11) is -2.54. The first kappa shape index (κ1) is 25.2. The van der Waals surface area contributed by atoms with Gasteiger partial charge in [-0.1, -0.05) is 37.5 Å². The molecule has 0 aliphatic heterocycles. The first-order valence-corrected chi connectivity index (χ1v) is 13.0. The van der Waals surface area contributed by atoms with Crippen LogP contribution in [0.1, 0.15) is 71.1 Å². The van der Waals surface area contributed by atoms with Crippen molar-refractivity contribution in [1.82, 2.24) is 8.87 Å². The second-order valence-corrected chi connectivity index (χ2v) is 10.6. The fourth-order valence-electron chi connectivity index (χ4n) is 4.95. The highest BCUT2D eigenvalue weighted by Gasteiger charge is 2.33. The van der Waals surface area contributed by atoms with E-state index in [4.69, 9.17) is 4.74 Å². The van der Waals surface area contributed by atoms with E-state index >= 15 is 0 Å². The number of methoxy groups -OCH3 is 1. The summed E-state index contributed by atoms with van der Waals surface area (Å²) in [6.07, 6.45) is 5.26. The summed E-state index contributed by atoms with van der Waals surface area (Å²) in [5.41, 5.74) is 1.91. The minimum absolute atomic E-state index is 0.184. The quantitative estimate of drug-likeness (QED) is 0.398. The molecule has 0 unspecified atom stereocenters. The minimum atomic E-state index is -3.85. The summed E-state index contributed by atoms with van der Waals surface area (Å²) in [4.78, 5) is 26.1. The monoisotopic (exact) mass is 474 g/mol. The highest BCUT2D eigenvalue weighted by Crippen LogP contribution is 2.28. The summed E-state index contributed by atoms with van der Waals surface area (Å²) in [5.74, 6) is -0.580. The summed E-state index contributed by atoms with van der Waals surface area (Å²) in [5, 5.41) is 0. The van der Waals surface area contributed by atoms with Crippen molar-refractivity contribution in [1.29, 1.82) is 0 Å². The van der Waals surface area contributed by atoms with Crippen LogP contribution in [0.5, 0.6) is 0 Å². The van der Waals surface area contributed by atoms with E-state index in [0.717, 1.165) is 25.7 Å². The maximum Gasteiger partial charge on any atom is 0.354 e. The lowest BCUT2D eigenvalue weighted by molar-refractivity contribution is 0.0587. The zero-order valence-electron chi connectivity index (χ0n) is 20.0. The van der Waals surface area contributed by atoms with E-state index in [1.807, 2.05) is 6.92 Å². The number of Topliss-reactive ketones (excluding diaryl/α,β-unsaturated/α-hetero) is 1. The van der Waals surface area contributed by atoms with E-state index < -0.39 is 16.0 Å². The van der Waals surface area contributed by atoms with E-state index in [2.05, 4.69) is 0 Å². The molecule has 2 aromatic rings. The number of carbonyl (C=O) groups is 2. The van der Waals surface area contributed by atoms with Crippen molar-refractivity contribution in [2.24, 2.45) is 5.92 Å². The third-order valence-electron chi connectivity index (χ3n) is 6.63. The topological polar surface area (TPSA) is 85.7 Å². The summed E-state index contributed by atoms with van der Waals surface area (Å²) >= 11 is 0. The van der Waals surface area contributed by atoms with Gasteiger partial charge >= 0.3 is 5.97 Å². The van der Waals surface area contributed by atoms with Crippen LogP contribution in [0.15, 0.2) is 35.2 Å². The molecule has 1 aliphatic carbocycles. The maximum absolute atomic E-state index is 13.5. The van der Waals surface area contributed by atoms with Gasteiger partial charge in [0.15, 0.2) is 5.78 Å². The molecule has 8 heteroatoms. The molecule has 180 valence electrons. The molecule has 1 saturated carbocycles. The van der Waals surface area contributed by atoms with Crippen molar-refractivity contribution in [2.45, 2.75) is 64.3 Å². The molecule has 0 radical (unpaired) electrons. The number of rotatable bonds is 9. The lowest BCUT2D eigenvalue weighted by Gasteiger charge is -2.29. The molecule has 1 fully saturated rings. The van der Waals surface area contributed by atoms with Gasteiger partial charge in [-0.05, 0) is 57.2 Å². The molecule has 1 aromatic heterocycles. The van der Waals surface area contributed by atoms with Crippen LogP contribution in [0, 0.1) is 19.8 Å². The largest absolute Gasteiger partial charge is 0.464 e. The van der Waals surface area contributed by atoms with Crippen LogP contribution in [-0.4, -0.2) is 49.2 Å². The van der Waals surface area contributed by atoms with Gasteiger partial charge in [0.2, 0.25) is 10.0 Å². The van der Waals surface area contributed by atoms with Gasteiger partial charge in [0.05, 0.1) is 18.6 Å². The van der Waals surface area contributed by atoms with Gasteiger partial charge < -0.3 is 9.30 Å². The van der Waals surface area contributed by atoms with Crippen LogP contribution in [0.25, 0.3) is 0 Å². The third kappa shape index (κ3) is 5.22. The highest BCUT2D eigenvalue weighted by molar-refractivity contribution is 7.89. The Kier molecular flexibility index (Phi) is 8.13. The number of hydrogen-bond donors (Lipinski definition) is 0. The van der Waals surface area contributed by atoms with Gasteiger partial charge in [-0.3, -0.25) is 4.79 Å². The molecule has 1 aromatic carbocycles. The normalized spacial score (nSPS) is 15.1. The van der Waals surface area contributed by atoms with Gasteiger partial charge in [0, 0.05) is 24.3 Å². The van der Waals surface area contributed by atoms with E-state index in [1.54, 1.807) is 48.7 Å². The zero-order chi connectivity index (χ0) is 24.2. The van der Waals surface area contributed by atoms with E-state index in [9.17, 15) is 18.0 Å². The lowest BCUT2D eigenvalue weighted by Crippen LogP contribution is -2.39. The van der Waals surface area contributed by atoms with Crippen LogP contribution in [0.4, 0.5) is 0 Å². The van der Waals surface area contributed by atoms with Crippen molar-refractivity contribution < 1.29 is 22.7 Å². The number of ether oxygens (including phenoxy) is 1. The summed E-state index contributed by atoms with van der Waals surface area (Å²) in [6, 6.07) is 8.27. The van der Waals surface area contributed by atoms with Crippen LogP contribution in [-0.2, 0) is 21.3 Å². The first-order chi connectivity index (χ1) is 15.7. The molecule has 7 nitrogen and oxygen atoms in total. The molecule has 0 N–H and O–H groups in total. The number of sulfonamides is 1. The van der Waals surface area contributed by atoms with E-state index in [-0.39, 0.29) is 23.1 Å². The van der Waals surface area contributed by atoms with Gasteiger partial charge in [-0.25, -0.2) is 13.2 Å². The number of aromatic nitrogens is 1. The predicted octanol–water partition coefficient (Wildman–Crippen LogP) is 4.37. The summed E-state index contributed by atoms with van der Waals surface area (Å²) < 4.78 is 35.1. The van der Waals surface area contributed by atoms with Gasteiger partial charge in [0.25, 0.3) is 0 Å². The molecule has 0 spiro atoms. The van der Waals surface area contributed by atoms with Crippen LogP contribution in [0.2, 0.25) is 0 Å². The number of esters is 1. The summed E-state index contributed by atoms with van der Waals surface area (Å²) in [6.45, 7) is 5.95. The number of nitrogens with zero attached hydrogens (tertiary/aromatic N) is 2. The molecule has 33 heavy (non-hydrogen) atoms. The predicted molar refractivity (Wildman–Crippen MR) is 127 cm³/mol. The van der Waals surface area contributed by atoms with Crippen molar-refractivity contribution >= 4 is 21.8 Å². The molecule has 1 aliphatic rings. The molecule has 0 atom stereocenters. The van der Waals surface area contributed by atoms with E-state index in [0.29, 0.717) is 35.6 Å². The Morgan fingerprint density at radius 1 is 1.09 bits per heavy atom. The Morgan fingerprint density at radius 3 is 2.30 bits per heavy atom. The van der Waals surface area contributed by atoms with Crippen molar-refractivity contribution in [3.63, 3.8) is 0 Å². The number of hydrogen-bond acceptors (Lipinski definition) is 5. The Labute approximate surface area is 196 Å². The van der Waals surface area contributed by atoms with Crippen molar-refractivity contribution in [3.8, 4) is 0 Å². The fourth-order valence-corrected chi connectivity index (χ4v) is 6.44. The fraction of sp³-hybridized carbons (Fsp3) is 0.520. The second kappa shape index (κ2) is 10.7. The zero-order valence-corrected chi connectivity index (χ0v) is 20.8. The minimum Gasteiger partial charge on any atom is -0.464 e. The smallest absolute Gasteiger partial charge is 0.354 e. The Bertz CT molecular complexity index is 1100. The number of benzene rings is 1. The van der Waals surface area contributed by atoms with Crippen molar-refractivity contribution in [2.75, 3.05) is 20.2 Å². The molecule has 1 heterocycles.